The van der Waals surface area contributed by atoms with Gasteiger partial charge in [-0.2, -0.15) is 0 Å². The summed E-state index contributed by atoms with van der Waals surface area (Å²) in [6.45, 7) is 3.71. The number of aromatic nitrogens is 2. The van der Waals surface area contributed by atoms with Crippen molar-refractivity contribution in [1.82, 2.24) is 14.9 Å². The molecule has 1 fully saturated rings. The van der Waals surface area contributed by atoms with Gasteiger partial charge in [-0.1, -0.05) is 0 Å². The van der Waals surface area contributed by atoms with Crippen molar-refractivity contribution in [1.29, 1.82) is 0 Å². The number of hydrogen-bond acceptors (Lipinski definition) is 5. The first kappa shape index (κ1) is 16.9. The van der Waals surface area contributed by atoms with Crippen LogP contribution in [0.4, 0.5) is 5.82 Å². The van der Waals surface area contributed by atoms with Crippen LogP contribution in [0, 0.1) is 12.8 Å². The summed E-state index contributed by atoms with van der Waals surface area (Å²) in [5.41, 5.74) is 2.12. The first-order valence-corrected chi connectivity index (χ1v) is 9.37. The molecule has 0 aliphatic carbocycles. The second-order valence-corrected chi connectivity index (χ2v) is 7.29. The minimum absolute atomic E-state index is 0.196. The minimum Gasteiger partial charge on any atom is -0.372 e. The number of aryl methyl sites for hydroxylation is 1. The lowest BCUT2D eigenvalue weighted by molar-refractivity contribution is 0.0764. The molecule has 3 rings (SSSR count). The molecule has 0 unspecified atom stereocenters. The summed E-state index contributed by atoms with van der Waals surface area (Å²) in [7, 11) is 1.84. The first-order chi connectivity index (χ1) is 11.7. The molecule has 1 N–H and O–H groups in total. The highest BCUT2D eigenvalue weighted by molar-refractivity contribution is 7.12. The molecule has 128 valence electrons. The van der Waals surface area contributed by atoms with Gasteiger partial charge in [0, 0.05) is 20.1 Å². The predicted octanol–water partition coefficient (Wildman–Crippen LogP) is 3.37. The van der Waals surface area contributed by atoms with E-state index < -0.39 is 0 Å². The number of anilines is 1. The molecule has 2 aromatic heterocycles. The molecular formula is C18H24N4OS. The van der Waals surface area contributed by atoms with Gasteiger partial charge in [-0.3, -0.25) is 9.78 Å². The minimum atomic E-state index is 0.196. The Bertz CT molecular complexity index is 683. The molecule has 0 saturated carbocycles. The number of nitrogens with one attached hydrogen (secondary N) is 1. The topological polar surface area (TPSA) is 58.1 Å². The fraction of sp³-hybridized carbons (Fsp3) is 0.500. The summed E-state index contributed by atoms with van der Waals surface area (Å²) in [6, 6.07) is 2.02. The van der Waals surface area contributed by atoms with E-state index in [1.807, 2.05) is 36.5 Å². The van der Waals surface area contributed by atoms with Crippen LogP contribution in [-0.2, 0) is 6.42 Å². The Balaban J connectivity index is 1.58. The summed E-state index contributed by atoms with van der Waals surface area (Å²) >= 11 is 1.55. The van der Waals surface area contributed by atoms with E-state index in [0.29, 0.717) is 5.92 Å². The molecule has 1 aliphatic rings. The van der Waals surface area contributed by atoms with Crippen molar-refractivity contribution in [2.45, 2.75) is 32.6 Å². The molecule has 0 bridgehead atoms. The Labute approximate surface area is 147 Å². The maximum atomic E-state index is 12.7. The third-order valence-corrected chi connectivity index (χ3v) is 5.65. The zero-order valence-corrected chi connectivity index (χ0v) is 15.1. The summed E-state index contributed by atoms with van der Waals surface area (Å²) in [6.07, 6.45) is 7.81. The zero-order valence-electron chi connectivity index (χ0n) is 14.3. The lowest BCUT2D eigenvalue weighted by atomic mass is 9.95. The Kier molecular flexibility index (Phi) is 5.45. The van der Waals surface area contributed by atoms with Gasteiger partial charge in [-0.15, -0.1) is 11.3 Å². The van der Waals surface area contributed by atoms with E-state index in [2.05, 4.69) is 15.3 Å². The fourth-order valence-electron chi connectivity index (χ4n) is 3.19. The normalized spacial score (nSPS) is 18.2. The van der Waals surface area contributed by atoms with Crippen LogP contribution in [0.5, 0.6) is 0 Å². The fourth-order valence-corrected chi connectivity index (χ4v) is 4.09. The van der Waals surface area contributed by atoms with Crippen LogP contribution >= 0.6 is 11.3 Å². The summed E-state index contributed by atoms with van der Waals surface area (Å²) in [5, 5.41) is 4.98. The number of thiophene rings is 1. The van der Waals surface area contributed by atoms with Gasteiger partial charge in [0.25, 0.3) is 5.91 Å². The van der Waals surface area contributed by atoms with Crippen molar-refractivity contribution in [3.05, 3.63) is 40.0 Å². The second-order valence-electron chi connectivity index (χ2n) is 6.37. The number of hydrogen-bond donors (Lipinski definition) is 1. The molecule has 1 atom stereocenters. The second kappa shape index (κ2) is 7.75. The summed E-state index contributed by atoms with van der Waals surface area (Å²) < 4.78 is 0. The third-order valence-electron chi connectivity index (χ3n) is 4.65. The van der Waals surface area contributed by atoms with Crippen molar-refractivity contribution < 1.29 is 4.79 Å². The van der Waals surface area contributed by atoms with Crippen LogP contribution in [0.3, 0.4) is 0 Å². The predicted molar refractivity (Wildman–Crippen MR) is 97.6 cm³/mol. The van der Waals surface area contributed by atoms with Crippen LogP contribution < -0.4 is 5.32 Å². The molecule has 2 aromatic rings. The largest absolute Gasteiger partial charge is 0.372 e. The van der Waals surface area contributed by atoms with E-state index in [-0.39, 0.29) is 5.91 Å². The van der Waals surface area contributed by atoms with Crippen molar-refractivity contribution >= 4 is 23.1 Å². The van der Waals surface area contributed by atoms with Crippen molar-refractivity contribution in [3.8, 4) is 0 Å². The van der Waals surface area contributed by atoms with Crippen LogP contribution in [-0.4, -0.2) is 40.9 Å². The van der Waals surface area contributed by atoms with Crippen molar-refractivity contribution in [2.24, 2.45) is 5.92 Å². The molecule has 0 radical (unpaired) electrons. The lowest BCUT2D eigenvalue weighted by Crippen LogP contribution is -2.31. The Morgan fingerprint density at radius 1 is 1.33 bits per heavy atom. The van der Waals surface area contributed by atoms with Gasteiger partial charge in [0.2, 0.25) is 0 Å². The highest BCUT2D eigenvalue weighted by Crippen LogP contribution is 2.24. The monoisotopic (exact) mass is 344 g/mol. The smallest absolute Gasteiger partial charge is 0.264 e. The van der Waals surface area contributed by atoms with Gasteiger partial charge in [-0.25, -0.2) is 4.98 Å². The molecule has 5 nitrogen and oxygen atoms in total. The lowest BCUT2D eigenvalue weighted by Gasteiger charge is -2.20. The van der Waals surface area contributed by atoms with Gasteiger partial charge in [0.05, 0.1) is 23.0 Å². The molecule has 1 saturated heterocycles. The highest BCUT2D eigenvalue weighted by Gasteiger charge is 2.23. The maximum absolute atomic E-state index is 12.7. The van der Waals surface area contributed by atoms with Gasteiger partial charge in [0.1, 0.15) is 5.82 Å². The molecule has 1 amide bonds. The number of rotatable bonds is 4. The van der Waals surface area contributed by atoms with Crippen LogP contribution in [0.15, 0.2) is 23.8 Å². The summed E-state index contributed by atoms with van der Waals surface area (Å²) in [5.74, 6) is 1.56. The van der Waals surface area contributed by atoms with E-state index in [9.17, 15) is 4.79 Å². The number of carbonyl (C=O) groups is 1. The van der Waals surface area contributed by atoms with E-state index in [0.717, 1.165) is 60.7 Å². The van der Waals surface area contributed by atoms with Gasteiger partial charge in [0.15, 0.2) is 0 Å². The number of carbonyl (C=O) groups excluding carboxylic acids is 1. The standard InChI is InChI=1S/C18H24N4OS/c1-13-6-9-24-17(13)18(23)22-7-3-4-14(5-8-22)10-15-11-21-16(19-2)12-20-15/h6,9,11-12,14H,3-5,7-8,10H2,1-2H3,(H,19,21)/t14-/m0/s1. The SMILES string of the molecule is CNc1cnc(C[C@H]2CCCN(C(=O)c3sccc3C)CC2)cn1. The quantitative estimate of drug-likeness (QED) is 0.924. The van der Waals surface area contributed by atoms with Gasteiger partial charge < -0.3 is 10.2 Å². The molecular weight excluding hydrogens is 320 g/mol. The van der Waals surface area contributed by atoms with E-state index in [4.69, 9.17) is 0 Å². The van der Waals surface area contributed by atoms with Crippen molar-refractivity contribution in [2.75, 3.05) is 25.5 Å². The molecule has 1 aliphatic heterocycles. The molecule has 0 aromatic carbocycles. The third kappa shape index (κ3) is 3.93. The Morgan fingerprint density at radius 2 is 2.21 bits per heavy atom. The van der Waals surface area contributed by atoms with Gasteiger partial charge >= 0.3 is 0 Å². The van der Waals surface area contributed by atoms with Crippen molar-refractivity contribution in [3.63, 3.8) is 0 Å². The summed E-state index contributed by atoms with van der Waals surface area (Å²) in [4.78, 5) is 24.4. The van der Waals surface area contributed by atoms with E-state index >= 15 is 0 Å². The Morgan fingerprint density at radius 3 is 2.88 bits per heavy atom. The maximum Gasteiger partial charge on any atom is 0.264 e. The van der Waals surface area contributed by atoms with Crippen LogP contribution in [0.1, 0.15) is 40.2 Å². The van der Waals surface area contributed by atoms with E-state index in [1.54, 1.807) is 17.5 Å². The van der Waals surface area contributed by atoms with E-state index in [1.165, 1.54) is 0 Å². The highest BCUT2D eigenvalue weighted by atomic mass is 32.1. The van der Waals surface area contributed by atoms with Crippen LogP contribution in [0.25, 0.3) is 0 Å². The average molecular weight is 344 g/mol. The van der Waals surface area contributed by atoms with Crippen LogP contribution in [0.2, 0.25) is 0 Å². The Hall–Kier alpha value is -1.95. The average Bonchev–Trinajstić information content (AvgIpc) is 2.89. The zero-order chi connectivity index (χ0) is 16.9. The molecule has 3 heterocycles. The van der Waals surface area contributed by atoms with Gasteiger partial charge in [-0.05, 0) is 55.5 Å². The molecule has 6 heteroatoms. The molecule has 0 spiro atoms. The number of nitrogens with zero attached hydrogens (tertiary/aromatic N) is 3. The number of amides is 1. The number of likely N-dealkylation sites (tertiary alicyclic amines) is 1. The first-order valence-electron chi connectivity index (χ1n) is 8.49. The molecule has 24 heavy (non-hydrogen) atoms.